The Morgan fingerprint density at radius 2 is 1.67 bits per heavy atom. The van der Waals surface area contributed by atoms with Gasteiger partial charge in [-0.05, 0) is 24.1 Å². The Hall–Kier alpha value is -2.96. The second kappa shape index (κ2) is 16.7. The SMILES string of the molecule is CCCCCCCCOS(=O)(=O)[O-].COC(=O)C(C(=O)OCc1ccc(OC)cc1)n1cc[n+](C)c1. The number of nitrogens with zero attached hydrogens (tertiary/aromatic N) is 2. The number of unbranched alkanes of at least 4 members (excludes halogenated alkanes) is 5. The third-order valence-corrected chi connectivity index (χ3v) is 5.46. The van der Waals surface area contributed by atoms with Crippen molar-refractivity contribution in [1.29, 1.82) is 0 Å². The molecular formula is C24H36N2O9S. The fraction of sp³-hybridized carbons (Fsp3) is 0.542. The van der Waals surface area contributed by atoms with Crippen LogP contribution < -0.4 is 9.30 Å². The van der Waals surface area contributed by atoms with Crippen LogP contribution >= 0.6 is 0 Å². The van der Waals surface area contributed by atoms with Crippen LogP contribution in [0.5, 0.6) is 5.75 Å². The lowest BCUT2D eigenvalue weighted by atomic mass is 10.1. The number of methoxy groups -OCH3 is 2. The van der Waals surface area contributed by atoms with Crippen molar-refractivity contribution in [3.63, 3.8) is 0 Å². The molecule has 0 bridgehead atoms. The Labute approximate surface area is 212 Å². The molecule has 36 heavy (non-hydrogen) atoms. The van der Waals surface area contributed by atoms with Gasteiger partial charge in [0.2, 0.25) is 16.7 Å². The minimum absolute atomic E-state index is 0.0258. The van der Waals surface area contributed by atoms with E-state index in [-0.39, 0.29) is 13.2 Å². The highest BCUT2D eigenvalue weighted by molar-refractivity contribution is 7.80. The van der Waals surface area contributed by atoms with Gasteiger partial charge in [0.1, 0.15) is 24.8 Å². The number of benzene rings is 1. The van der Waals surface area contributed by atoms with Gasteiger partial charge in [-0.1, -0.05) is 51.2 Å². The van der Waals surface area contributed by atoms with Gasteiger partial charge in [-0.25, -0.2) is 27.1 Å². The second-order valence-corrected chi connectivity index (χ2v) is 8.96. The van der Waals surface area contributed by atoms with Crippen LogP contribution in [-0.4, -0.2) is 50.3 Å². The molecule has 0 amide bonds. The average Bonchev–Trinajstić information content (AvgIpc) is 3.27. The maximum atomic E-state index is 12.3. The van der Waals surface area contributed by atoms with Crippen LogP contribution in [0.2, 0.25) is 0 Å². The number of rotatable bonds is 14. The molecule has 0 aliphatic heterocycles. The first-order valence-electron chi connectivity index (χ1n) is 11.6. The van der Waals surface area contributed by atoms with Crippen molar-refractivity contribution in [2.45, 2.75) is 58.1 Å². The van der Waals surface area contributed by atoms with E-state index in [2.05, 4.69) is 11.1 Å². The molecule has 0 saturated carbocycles. The van der Waals surface area contributed by atoms with E-state index in [1.54, 1.807) is 61.7 Å². The molecule has 0 saturated heterocycles. The normalized spacial score (nSPS) is 11.7. The summed E-state index contributed by atoms with van der Waals surface area (Å²) in [4.78, 5) is 24.2. The Bertz CT molecular complexity index is 1020. The van der Waals surface area contributed by atoms with E-state index in [4.69, 9.17) is 14.2 Å². The highest BCUT2D eigenvalue weighted by Gasteiger charge is 2.35. The quantitative estimate of drug-likeness (QED) is 0.0904. The number of aromatic nitrogens is 2. The van der Waals surface area contributed by atoms with E-state index in [0.717, 1.165) is 18.4 Å². The van der Waals surface area contributed by atoms with Crippen LogP contribution in [0.4, 0.5) is 0 Å². The van der Waals surface area contributed by atoms with E-state index in [0.29, 0.717) is 12.2 Å². The van der Waals surface area contributed by atoms with Gasteiger partial charge in [0.25, 0.3) is 6.04 Å². The first-order valence-corrected chi connectivity index (χ1v) is 12.9. The molecule has 1 unspecified atom stereocenters. The summed E-state index contributed by atoms with van der Waals surface area (Å²) in [7, 11) is 0.122. The average molecular weight is 529 g/mol. The molecule has 1 atom stereocenters. The molecule has 1 heterocycles. The van der Waals surface area contributed by atoms with E-state index in [1.807, 2.05) is 0 Å². The summed E-state index contributed by atoms with van der Waals surface area (Å²) in [5, 5.41) is 0. The largest absolute Gasteiger partial charge is 0.726 e. The predicted molar refractivity (Wildman–Crippen MR) is 128 cm³/mol. The molecule has 2 aromatic rings. The van der Waals surface area contributed by atoms with Gasteiger partial charge >= 0.3 is 11.9 Å². The van der Waals surface area contributed by atoms with Crippen molar-refractivity contribution in [2.24, 2.45) is 7.05 Å². The zero-order valence-electron chi connectivity index (χ0n) is 21.3. The first kappa shape index (κ1) is 31.1. The lowest BCUT2D eigenvalue weighted by Gasteiger charge is -2.11. The second-order valence-electron chi connectivity index (χ2n) is 7.91. The van der Waals surface area contributed by atoms with Crippen LogP contribution in [0, 0.1) is 0 Å². The van der Waals surface area contributed by atoms with E-state index in [1.165, 1.54) is 30.9 Å². The van der Waals surface area contributed by atoms with Crippen molar-refractivity contribution >= 4 is 22.3 Å². The van der Waals surface area contributed by atoms with Gasteiger partial charge in [-0.3, -0.25) is 4.18 Å². The lowest BCUT2D eigenvalue weighted by molar-refractivity contribution is -0.671. The van der Waals surface area contributed by atoms with Crippen LogP contribution in [0.1, 0.15) is 57.1 Å². The smallest absolute Gasteiger partial charge is 0.364 e. The number of aryl methyl sites for hydroxylation is 1. The molecule has 0 aliphatic rings. The summed E-state index contributed by atoms with van der Waals surface area (Å²) >= 11 is 0. The summed E-state index contributed by atoms with van der Waals surface area (Å²) < 4.78 is 52.2. The molecule has 0 radical (unpaired) electrons. The molecule has 0 N–H and O–H groups in total. The minimum atomic E-state index is -4.47. The summed E-state index contributed by atoms with van der Waals surface area (Å²) in [5.41, 5.74) is 0.792. The van der Waals surface area contributed by atoms with Crippen molar-refractivity contribution in [1.82, 2.24) is 4.57 Å². The molecule has 11 nitrogen and oxygen atoms in total. The van der Waals surface area contributed by atoms with Gasteiger partial charge in [-0.2, -0.15) is 0 Å². The number of imidazole rings is 1. The first-order chi connectivity index (χ1) is 17.1. The van der Waals surface area contributed by atoms with Crippen LogP contribution in [0.25, 0.3) is 0 Å². The maximum Gasteiger partial charge on any atom is 0.364 e. The molecule has 12 heteroatoms. The Morgan fingerprint density at radius 3 is 2.19 bits per heavy atom. The molecular weight excluding hydrogens is 492 g/mol. The third-order valence-electron chi connectivity index (χ3n) is 5.00. The molecule has 202 valence electrons. The summed E-state index contributed by atoms with van der Waals surface area (Å²) in [6, 6.07) is 5.95. The summed E-state index contributed by atoms with van der Waals surface area (Å²) in [6.45, 7) is 2.22. The van der Waals surface area contributed by atoms with Gasteiger partial charge < -0.3 is 18.8 Å². The maximum absolute atomic E-state index is 12.3. The fourth-order valence-corrected chi connectivity index (χ4v) is 3.39. The van der Waals surface area contributed by atoms with Gasteiger partial charge in [0, 0.05) is 0 Å². The number of hydrogen-bond acceptors (Lipinski definition) is 9. The Balaban J connectivity index is 0.000000426. The van der Waals surface area contributed by atoms with E-state index >= 15 is 0 Å². The van der Waals surface area contributed by atoms with Crippen molar-refractivity contribution in [3.8, 4) is 5.75 Å². The van der Waals surface area contributed by atoms with E-state index in [9.17, 15) is 22.6 Å². The molecule has 2 rings (SSSR count). The van der Waals surface area contributed by atoms with Gasteiger partial charge in [0.15, 0.2) is 0 Å². The van der Waals surface area contributed by atoms with Crippen molar-refractivity contribution in [2.75, 3.05) is 20.8 Å². The molecule has 0 fully saturated rings. The molecule has 1 aromatic heterocycles. The van der Waals surface area contributed by atoms with Crippen LogP contribution in [0.15, 0.2) is 43.0 Å². The summed E-state index contributed by atoms with van der Waals surface area (Å²) in [5.74, 6) is -0.642. The Kier molecular flexibility index (Phi) is 14.4. The van der Waals surface area contributed by atoms with E-state index < -0.39 is 28.4 Å². The zero-order valence-corrected chi connectivity index (χ0v) is 22.1. The number of carbonyl (C=O) groups excluding carboxylic acids is 2. The van der Waals surface area contributed by atoms with Crippen LogP contribution in [-0.2, 0) is 47.3 Å². The van der Waals surface area contributed by atoms with Crippen molar-refractivity contribution < 1.29 is 45.5 Å². The fourth-order valence-electron chi connectivity index (χ4n) is 3.07. The standard InChI is InChI=1S/C16H19N2O5.C8H18O4S/c1-17-8-9-18(11-17)14(15(19)22-3)16(20)23-10-12-4-6-13(21-2)7-5-12;1-2-3-4-5-6-7-8-12-13(9,10)11/h4-9,11,14H,10H2,1-3H3;2-8H2,1H3,(H,9,10,11)/q+1;/p-1. The molecule has 0 aliphatic carbocycles. The van der Waals surface area contributed by atoms with Crippen LogP contribution in [0.3, 0.4) is 0 Å². The number of hydrogen-bond donors (Lipinski definition) is 0. The highest BCUT2D eigenvalue weighted by atomic mass is 32.3. The highest BCUT2D eigenvalue weighted by Crippen LogP contribution is 2.15. The molecule has 1 aromatic carbocycles. The molecule has 0 spiro atoms. The number of esters is 2. The number of ether oxygens (including phenoxy) is 3. The predicted octanol–water partition coefficient (Wildman–Crippen LogP) is 2.60. The Morgan fingerprint density at radius 1 is 1.03 bits per heavy atom. The number of carbonyl (C=O) groups is 2. The summed E-state index contributed by atoms with van der Waals surface area (Å²) in [6.07, 6.45) is 11.1. The monoisotopic (exact) mass is 528 g/mol. The van der Waals surface area contributed by atoms with Crippen molar-refractivity contribution in [3.05, 3.63) is 48.5 Å². The zero-order chi connectivity index (χ0) is 27.0. The van der Waals surface area contributed by atoms with Gasteiger partial charge in [0.05, 0.1) is 27.9 Å². The third kappa shape index (κ3) is 12.7. The topological polar surface area (TPSA) is 137 Å². The van der Waals surface area contributed by atoms with Gasteiger partial charge in [-0.15, -0.1) is 0 Å². The lowest BCUT2D eigenvalue weighted by Crippen LogP contribution is -2.32. The minimum Gasteiger partial charge on any atom is -0.726 e.